The van der Waals surface area contributed by atoms with Crippen molar-refractivity contribution in [3.05, 3.63) is 52.8 Å². The first-order chi connectivity index (χ1) is 10.4. The maximum Gasteiger partial charge on any atom is 0.416 e. The summed E-state index contributed by atoms with van der Waals surface area (Å²) in [4.78, 5) is 12.0. The number of fused-ring (bicyclic) bond motifs is 1. The molecule has 0 saturated carbocycles. The number of halogens is 3. The zero-order valence-corrected chi connectivity index (χ0v) is 11.7. The number of piperidine rings is 1. The van der Waals surface area contributed by atoms with Gasteiger partial charge in [0.25, 0.3) is 0 Å². The van der Waals surface area contributed by atoms with E-state index < -0.39 is 11.7 Å². The van der Waals surface area contributed by atoms with Crippen molar-refractivity contribution in [2.75, 3.05) is 13.1 Å². The number of rotatable bonds is 2. The fourth-order valence-electron chi connectivity index (χ4n) is 2.58. The molecule has 6 heteroatoms. The van der Waals surface area contributed by atoms with Crippen LogP contribution in [0, 0.1) is 0 Å². The first-order valence-corrected chi connectivity index (χ1v) is 6.97. The summed E-state index contributed by atoms with van der Waals surface area (Å²) < 4.78 is 43.2. The van der Waals surface area contributed by atoms with Crippen LogP contribution in [0.5, 0.6) is 5.75 Å². The van der Waals surface area contributed by atoms with Gasteiger partial charge >= 0.3 is 6.18 Å². The molecule has 116 valence electrons. The summed E-state index contributed by atoms with van der Waals surface area (Å²) in [6.07, 6.45) is -1.39. The Morgan fingerprint density at radius 3 is 2.55 bits per heavy atom. The van der Waals surface area contributed by atoms with E-state index in [1.54, 1.807) is 0 Å². The normalized spacial score (nSPS) is 18.9. The third kappa shape index (κ3) is 2.92. The van der Waals surface area contributed by atoms with Crippen molar-refractivity contribution in [1.29, 1.82) is 0 Å². The monoisotopic (exact) mass is 309 g/mol. The highest BCUT2D eigenvalue weighted by atomic mass is 19.4. The van der Waals surface area contributed by atoms with Gasteiger partial charge in [-0.15, -0.1) is 0 Å². The molecule has 1 fully saturated rings. The molecule has 0 aromatic heterocycles. The second-order valence-corrected chi connectivity index (χ2v) is 5.22. The molecule has 3 nitrogen and oxygen atoms in total. The highest BCUT2D eigenvalue weighted by molar-refractivity contribution is 5.98. The molecule has 1 saturated heterocycles. The van der Waals surface area contributed by atoms with Gasteiger partial charge in [-0.2, -0.15) is 13.2 Å². The number of allylic oxidation sites excluding steroid dienone is 2. The van der Waals surface area contributed by atoms with Gasteiger partial charge in [-0.3, -0.25) is 4.79 Å². The van der Waals surface area contributed by atoms with Crippen LogP contribution in [0.1, 0.15) is 18.4 Å². The minimum atomic E-state index is -4.38. The van der Waals surface area contributed by atoms with Crippen LogP contribution in [0.25, 0.3) is 0 Å². The van der Waals surface area contributed by atoms with E-state index in [0.29, 0.717) is 6.54 Å². The van der Waals surface area contributed by atoms with Crippen molar-refractivity contribution in [2.24, 2.45) is 0 Å². The molecule has 0 radical (unpaired) electrons. The number of ether oxygens (including phenoxy) is 1. The standard InChI is InChI=1S/C16H14F3NO2/c17-16(18,19)11-2-4-12(5-3-11)22-15-13-9-20-8-7-10(13)1-6-14(15)21/h1-5,20H,6-9H2. The molecule has 0 spiro atoms. The van der Waals surface area contributed by atoms with Crippen molar-refractivity contribution < 1.29 is 22.7 Å². The molecule has 0 amide bonds. The molecule has 1 heterocycles. The van der Waals surface area contributed by atoms with Gasteiger partial charge in [0.1, 0.15) is 5.75 Å². The van der Waals surface area contributed by atoms with E-state index in [9.17, 15) is 18.0 Å². The molecule has 0 unspecified atom stereocenters. The molecular weight excluding hydrogens is 295 g/mol. The topological polar surface area (TPSA) is 38.3 Å². The van der Waals surface area contributed by atoms with Crippen molar-refractivity contribution >= 4 is 5.78 Å². The Kier molecular flexibility index (Phi) is 3.78. The third-order valence-corrected chi connectivity index (χ3v) is 3.72. The number of Topliss-reactive ketones (excluding diaryl/α,β-unsaturated/α-hetero) is 1. The predicted molar refractivity (Wildman–Crippen MR) is 74.3 cm³/mol. The molecule has 0 bridgehead atoms. The fourth-order valence-corrected chi connectivity index (χ4v) is 2.58. The maximum absolute atomic E-state index is 12.5. The predicted octanol–water partition coefficient (Wildman–Crippen LogP) is 3.23. The molecule has 0 atom stereocenters. The smallest absolute Gasteiger partial charge is 0.416 e. The molecule has 2 aliphatic rings. The molecule has 3 rings (SSSR count). The molecule has 1 aliphatic heterocycles. The Hall–Kier alpha value is -2.08. The van der Waals surface area contributed by atoms with Gasteiger partial charge in [-0.1, -0.05) is 6.08 Å². The number of hydrogen-bond acceptors (Lipinski definition) is 3. The average molecular weight is 309 g/mol. The second kappa shape index (κ2) is 5.61. The minimum Gasteiger partial charge on any atom is -0.453 e. The lowest BCUT2D eigenvalue weighted by atomic mass is 9.90. The molecule has 22 heavy (non-hydrogen) atoms. The highest BCUT2D eigenvalue weighted by Gasteiger charge is 2.30. The van der Waals surface area contributed by atoms with Crippen LogP contribution in [0.4, 0.5) is 13.2 Å². The summed E-state index contributed by atoms with van der Waals surface area (Å²) in [5, 5.41) is 3.17. The van der Waals surface area contributed by atoms with E-state index in [4.69, 9.17) is 4.74 Å². The van der Waals surface area contributed by atoms with E-state index in [2.05, 4.69) is 5.32 Å². The quantitative estimate of drug-likeness (QED) is 0.911. The first-order valence-electron chi connectivity index (χ1n) is 6.97. The Balaban J connectivity index is 1.86. The van der Waals surface area contributed by atoms with Crippen molar-refractivity contribution in [1.82, 2.24) is 5.32 Å². The zero-order chi connectivity index (χ0) is 15.7. The summed E-state index contributed by atoms with van der Waals surface area (Å²) in [5.74, 6) is 0.322. The fraction of sp³-hybridized carbons (Fsp3) is 0.312. The molecule has 1 aromatic carbocycles. The number of ketones is 1. The number of carbonyl (C=O) groups is 1. The summed E-state index contributed by atoms with van der Waals surface area (Å²) in [6.45, 7) is 1.38. The SMILES string of the molecule is O=C1CC=C2CCNCC2=C1Oc1ccc(C(F)(F)F)cc1. The summed E-state index contributed by atoms with van der Waals surface area (Å²) in [5.41, 5.74) is 1.15. The second-order valence-electron chi connectivity index (χ2n) is 5.22. The van der Waals surface area contributed by atoms with Gasteiger partial charge < -0.3 is 10.1 Å². The molecule has 1 aliphatic carbocycles. The van der Waals surface area contributed by atoms with Crippen LogP contribution in [0.3, 0.4) is 0 Å². The van der Waals surface area contributed by atoms with Crippen molar-refractivity contribution in [2.45, 2.75) is 19.0 Å². The summed E-state index contributed by atoms with van der Waals surface area (Å²) >= 11 is 0. The van der Waals surface area contributed by atoms with Gasteiger partial charge in [-0.25, -0.2) is 0 Å². The number of benzene rings is 1. The Morgan fingerprint density at radius 1 is 1.14 bits per heavy atom. The van der Waals surface area contributed by atoms with E-state index in [-0.39, 0.29) is 23.7 Å². The Labute approximate surface area is 125 Å². The van der Waals surface area contributed by atoms with Crippen LogP contribution in [0.15, 0.2) is 47.2 Å². The minimum absolute atomic E-state index is 0.151. The lowest BCUT2D eigenvalue weighted by molar-refractivity contribution is -0.137. The third-order valence-electron chi connectivity index (χ3n) is 3.72. The van der Waals surface area contributed by atoms with Crippen LogP contribution in [0.2, 0.25) is 0 Å². The number of alkyl halides is 3. The van der Waals surface area contributed by atoms with E-state index >= 15 is 0 Å². The Bertz CT molecular complexity index is 657. The number of nitrogens with one attached hydrogen (secondary N) is 1. The number of carbonyl (C=O) groups excluding carboxylic acids is 1. The molecule has 1 N–H and O–H groups in total. The molecular formula is C16H14F3NO2. The summed E-state index contributed by atoms with van der Waals surface area (Å²) in [7, 11) is 0. The Morgan fingerprint density at radius 2 is 1.86 bits per heavy atom. The van der Waals surface area contributed by atoms with Gasteiger partial charge in [0, 0.05) is 18.5 Å². The van der Waals surface area contributed by atoms with E-state index in [1.807, 2.05) is 6.08 Å². The van der Waals surface area contributed by atoms with Crippen LogP contribution >= 0.6 is 0 Å². The van der Waals surface area contributed by atoms with Gasteiger partial charge in [-0.05, 0) is 42.8 Å². The first kappa shape index (κ1) is 14.8. The lowest BCUT2D eigenvalue weighted by Crippen LogP contribution is -2.31. The largest absolute Gasteiger partial charge is 0.453 e. The number of hydrogen-bond donors (Lipinski definition) is 1. The lowest BCUT2D eigenvalue weighted by Gasteiger charge is -2.25. The van der Waals surface area contributed by atoms with Crippen LogP contribution in [-0.2, 0) is 11.0 Å². The van der Waals surface area contributed by atoms with Gasteiger partial charge in [0.05, 0.1) is 5.56 Å². The summed E-state index contributed by atoms with van der Waals surface area (Å²) in [6, 6.07) is 4.36. The van der Waals surface area contributed by atoms with Crippen molar-refractivity contribution in [3.8, 4) is 5.75 Å². The van der Waals surface area contributed by atoms with Gasteiger partial charge in [0.2, 0.25) is 5.78 Å². The van der Waals surface area contributed by atoms with E-state index in [1.165, 1.54) is 12.1 Å². The van der Waals surface area contributed by atoms with Crippen molar-refractivity contribution in [3.63, 3.8) is 0 Å². The zero-order valence-electron chi connectivity index (χ0n) is 11.7. The average Bonchev–Trinajstić information content (AvgIpc) is 2.50. The maximum atomic E-state index is 12.5. The van der Waals surface area contributed by atoms with E-state index in [0.717, 1.165) is 36.2 Å². The van der Waals surface area contributed by atoms with Gasteiger partial charge in [0.15, 0.2) is 5.76 Å². The highest BCUT2D eigenvalue weighted by Crippen LogP contribution is 2.32. The van der Waals surface area contributed by atoms with Crippen LogP contribution in [-0.4, -0.2) is 18.9 Å². The molecule has 1 aromatic rings. The van der Waals surface area contributed by atoms with Crippen LogP contribution < -0.4 is 10.1 Å².